The zero-order valence-electron chi connectivity index (χ0n) is 3.95. The average Bonchev–Trinajstić information content (AvgIpc) is 0.811. The number of amides is 1. The molecule has 0 aromatic heterocycles. The summed E-state index contributed by atoms with van der Waals surface area (Å²) in [5.74, 6) is -0.333. The summed E-state index contributed by atoms with van der Waals surface area (Å²) in [7, 11) is 0. The molecular formula is C2H5CaCl2NO. The van der Waals surface area contributed by atoms with Gasteiger partial charge in [0.15, 0.2) is 0 Å². The molecule has 0 radical (unpaired) electrons. The minimum atomic E-state index is -0.333. The number of hydrogen-bond donors (Lipinski definition) is 1. The van der Waals surface area contributed by atoms with Gasteiger partial charge in [-0.05, 0) is 0 Å². The van der Waals surface area contributed by atoms with Gasteiger partial charge >= 0.3 is 37.7 Å². The van der Waals surface area contributed by atoms with Crippen molar-refractivity contribution in [2.24, 2.45) is 5.73 Å². The Bertz CT molecular complexity index is 38.7. The molecule has 0 bridgehead atoms. The average molecular weight is 170 g/mol. The topological polar surface area (TPSA) is 43.1 Å². The first-order chi connectivity index (χ1) is 1.73. The van der Waals surface area contributed by atoms with Gasteiger partial charge in [0.25, 0.3) is 0 Å². The molecule has 40 valence electrons. The number of halogens is 2. The Morgan fingerprint density at radius 2 is 1.43 bits per heavy atom. The zero-order valence-corrected chi connectivity index (χ0v) is 7.67. The van der Waals surface area contributed by atoms with E-state index in [1.807, 2.05) is 0 Å². The maximum absolute atomic E-state index is 9.22. The minimum absolute atomic E-state index is 0. The largest absolute Gasteiger partial charge is 2.00 e. The Hall–Kier alpha value is 1.31. The third-order valence-electron chi connectivity index (χ3n) is 0. The fourth-order valence-corrected chi connectivity index (χ4v) is 0. The van der Waals surface area contributed by atoms with Gasteiger partial charge in [-0.25, -0.2) is 0 Å². The van der Waals surface area contributed by atoms with Crippen LogP contribution in [0.4, 0.5) is 0 Å². The van der Waals surface area contributed by atoms with Gasteiger partial charge < -0.3 is 30.5 Å². The van der Waals surface area contributed by atoms with Crippen LogP contribution in [-0.2, 0) is 4.79 Å². The van der Waals surface area contributed by atoms with Gasteiger partial charge in [0.2, 0.25) is 5.91 Å². The summed E-state index contributed by atoms with van der Waals surface area (Å²) in [6.45, 7) is 1.31. The van der Waals surface area contributed by atoms with Crippen LogP contribution in [0.15, 0.2) is 0 Å². The van der Waals surface area contributed by atoms with Crippen LogP contribution < -0.4 is 30.5 Å². The van der Waals surface area contributed by atoms with E-state index in [9.17, 15) is 4.79 Å². The van der Waals surface area contributed by atoms with Gasteiger partial charge in [-0.15, -0.1) is 0 Å². The van der Waals surface area contributed by atoms with Gasteiger partial charge in [0.1, 0.15) is 0 Å². The second kappa shape index (κ2) is 15.7. The molecule has 0 spiro atoms. The minimum Gasteiger partial charge on any atom is -1.00 e. The number of carbonyl (C=O) groups is 1. The van der Waals surface area contributed by atoms with E-state index in [0.29, 0.717) is 0 Å². The van der Waals surface area contributed by atoms with Gasteiger partial charge in [0, 0.05) is 6.92 Å². The second-order valence-corrected chi connectivity index (χ2v) is 0.611. The number of rotatable bonds is 0. The standard InChI is InChI=1S/C2H5NO.Ca.2ClH/c1-2(3)4;;;/h1H3,(H2,3,4);;2*1H/q;+2;;/p-2. The molecule has 0 saturated heterocycles. The van der Waals surface area contributed by atoms with Gasteiger partial charge in [0.05, 0.1) is 0 Å². The number of nitrogens with two attached hydrogens (primary N) is 1. The Balaban J connectivity index is -0.0000000150. The van der Waals surface area contributed by atoms with Crippen molar-refractivity contribution in [1.29, 1.82) is 0 Å². The molecule has 7 heavy (non-hydrogen) atoms. The molecule has 0 saturated carbocycles. The molecule has 0 aliphatic carbocycles. The molecule has 0 aromatic rings. The van der Waals surface area contributed by atoms with Gasteiger partial charge in [-0.3, -0.25) is 4.79 Å². The Morgan fingerprint density at radius 1 is 1.43 bits per heavy atom. The van der Waals surface area contributed by atoms with Crippen molar-refractivity contribution in [3.05, 3.63) is 0 Å². The van der Waals surface area contributed by atoms with Gasteiger partial charge in [-0.2, -0.15) is 0 Å². The number of hydrogen-bond acceptors (Lipinski definition) is 1. The molecular weight excluding hydrogens is 165 g/mol. The van der Waals surface area contributed by atoms with Crippen molar-refractivity contribution in [1.82, 2.24) is 0 Å². The Kier molecular flexibility index (Phi) is 53.5. The van der Waals surface area contributed by atoms with Crippen LogP contribution in [0.2, 0.25) is 0 Å². The summed E-state index contributed by atoms with van der Waals surface area (Å²) < 4.78 is 0. The first-order valence-electron chi connectivity index (χ1n) is 0.993. The van der Waals surface area contributed by atoms with Gasteiger partial charge in [-0.1, -0.05) is 0 Å². The van der Waals surface area contributed by atoms with Crippen LogP contribution in [-0.4, -0.2) is 43.6 Å². The predicted molar refractivity (Wildman–Crippen MR) is 20.6 cm³/mol. The third-order valence-corrected chi connectivity index (χ3v) is 0. The Morgan fingerprint density at radius 3 is 1.43 bits per heavy atom. The molecule has 0 unspecified atom stereocenters. The molecule has 0 atom stereocenters. The summed E-state index contributed by atoms with van der Waals surface area (Å²) in [6.07, 6.45) is 0. The molecule has 0 aliphatic rings. The maximum atomic E-state index is 9.22. The van der Waals surface area contributed by atoms with E-state index in [-0.39, 0.29) is 68.5 Å². The molecule has 2 N–H and O–H groups in total. The molecule has 1 amide bonds. The van der Waals surface area contributed by atoms with E-state index in [1.165, 1.54) is 6.92 Å². The summed E-state index contributed by atoms with van der Waals surface area (Å²) in [6, 6.07) is 0. The molecule has 5 heteroatoms. The number of primary amides is 1. The zero-order chi connectivity index (χ0) is 3.58. The second-order valence-electron chi connectivity index (χ2n) is 0.611. The summed E-state index contributed by atoms with van der Waals surface area (Å²) >= 11 is 0. The van der Waals surface area contributed by atoms with E-state index in [4.69, 9.17) is 0 Å². The van der Waals surface area contributed by atoms with Crippen molar-refractivity contribution in [3.63, 3.8) is 0 Å². The molecule has 0 rings (SSSR count). The van der Waals surface area contributed by atoms with E-state index in [2.05, 4.69) is 5.73 Å². The third kappa shape index (κ3) is 120. The van der Waals surface area contributed by atoms with E-state index in [0.717, 1.165) is 0 Å². The van der Waals surface area contributed by atoms with Crippen molar-refractivity contribution < 1.29 is 29.6 Å². The molecule has 0 heterocycles. The first kappa shape index (κ1) is 23.9. The molecule has 0 aliphatic heterocycles. The van der Waals surface area contributed by atoms with Crippen LogP contribution in [0, 0.1) is 0 Å². The number of carbonyl (C=O) groups excluding carboxylic acids is 1. The van der Waals surface area contributed by atoms with Crippen LogP contribution in [0.3, 0.4) is 0 Å². The van der Waals surface area contributed by atoms with Crippen molar-refractivity contribution in [2.75, 3.05) is 0 Å². The van der Waals surface area contributed by atoms with E-state index in [1.54, 1.807) is 0 Å². The molecule has 0 aromatic carbocycles. The first-order valence-corrected chi connectivity index (χ1v) is 0.993. The van der Waals surface area contributed by atoms with E-state index >= 15 is 0 Å². The summed E-state index contributed by atoms with van der Waals surface area (Å²) in [4.78, 5) is 9.22. The predicted octanol–water partition coefficient (Wildman–Crippen LogP) is -6.88. The fraction of sp³-hybridized carbons (Fsp3) is 0.500. The van der Waals surface area contributed by atoms with E-state index < -0.39 is 0 Å². The quantitative estimate of drug-likeness (QED) is 0.361. The fourth-order valence-electron chi connectivity index (χ4n) is 0. The van der Waals surface area contributed by atoms with Crippen LogP contribution in [0.1, 0.15) is 6.92 Å². The Labute approximate surface area is 85.0 Å². The van der Waals surface area contributed by atoms with Crippen molar-refractivity contribution >= 4 is 43.6 Å². The normalized spacial score (nSPS) is 3.57. The van der Waals surface area contributed by atoms with Crippen molar-refractivity contribution in [3.8, 4) is 0 Å². The van der Waals surface area contributed by atoms with Crippen LogP contribution in [0.5, 0.6) is 0 Å². The maximum Gasteiger partial charge on any atom is 2.00 e. The summed E-state index contributed by atoms with van der Waals surface area (Å²) in [5.41, 5.74) is 4.47. The monoisotopic (exact) mass is 169 g/mol. The SMILES string of the molecule is CC(N)=O.[Ca+2].[Cl-].[Cl-]. The summed E-state index contributed by atoms with van der Waals surface area (Å²) in [5, 5.41) is 0. The van der Waals surface area contributed by atoms with Crippen LogP contribution in [0.25, 0.3) is 0 Å². The molecule has 2 nitrogen and oxygen atoms in total. The smallest absolute Gasteiger partial charge is 1.00 e. The van der Waals surface area contributed by atoms with Crippen LogP contribution >= 0.6 is 0 Å². The molecule has 0 fully saturated rings. The van der Waals surface area contributed by atoms with Crippen molar-refractivity contribution in [2.45, 2.75) is 6.92 Å².